The summed E-state index contributed by atoms with van der Waals surface area (Å²) in [6, 6.07) is 0.523. The molecule has 3 heteroatoms. The molecule has 19 heavy (non-hydrogen) atoms. The fourth-order valence-electron chi connectivity index (χ4n) is 3.70. The van der Waals surface area contributed by atoms with E-state index in [1.54, 1.807) is 0 Å². The highest BCUT2D eigenvalue weighted by Gasteiger charge is 2.30. The second kappa shape index (κ2) is 7.05. The molecule has 112 valence electrons. The quantitative estimate of drug-likeness (QED) is 0.769. The molecule has 1 aliphatic heterocycles. The molecule has 3 nitrogen and oxygen atoms in total. The SMILES string of the molecule is CC(NCC1(O)CCCCCC1)C1CCCN(C)C1. The van der Waals surface area contributed by atoms with Gasteiger partial charge in [-0.15, -0.1) is 0 Å². The molecule has 0 bridgehead atoms. The Labute approximate surface area is 118 Å². The van der Waals surface area contributed by atoms with Crippen molar-refractivity contribution in [1.29, 1.82) is 0 Å². The van der Waals surface area contributed by atoms with E-state index in [0.717, 1.165) is 25.3 Å². The molecule has 1 saturated carbocycles. The molecule has 2 unspecified atom stereocenters. The van der Waals surface area contributed by atoms with Crippen LogP contribution in [0, 0.1) is 5.92 Å². The molecule has 2 aliphatic rings. The number of hydrogen-bond acceptors (Lipinski definition) is 3. The van der Waals surface area contributed by atoms with E-state index < -0.39 is 5.60 Å². The maximum absolute atomic E-state index is 10.7. The van der Waals surface area contributed by atoms with E-state index in [1.165, 1.54) is 51.6 Å². The lowest BCUT2D eigenvalue weighted by Gasteiger charge is -2.36. The summed E-state index contributed by atoms with van der Waals surface area (Å²) in [6.07, 6.45) is 9.59. The Bertz CT molecular complexity index is 261. The van der Waals surface area contributed by atoms with Crippen LogP contribution in [0.5, 0.6) is 0 Å². The number of piperidine rings is 1. The zero-order chi connectivity index (χ0) is 13.7. The van der Waals surface area contributed by atoms with Crippen molar-refractivity contribution in [3.8, 4) is 0 Å². The minimum Gasteiger partial charge on any atom is -0.389 e. The third-order valence-electron chi connectivity index (χ3n) is 5.16. The third-order valence-corrected chi connectivity index (χ3v) is 5.16. The van der Waals surface area contributed by atoms with Crippen LogP contribution < -0.4 is 5.32 Å². The van der Waals surface area contributed by atoms with Gasteiger partial charge in [-0.2, -0.15) is 0 Å². The molecule has 0 aromatic heterocycles. The maximum atomic E-state index is 10.7. The average Bonchev–Trinajstić information content (AvgIpc) is 2.61. The molecule has 2 N–H and O–H groups in total. The molecular weight excluding hydrogens is 236 g/mol. The lowest BCUT2D eigenvalue weighted by Crippen LogP contribution is -2.48. The number of hydrogen-bond donors (Lipinski definition) is 2. The van der Waals surface area contributed by atoms with E-state index in [1.807, 2.05) is 0 Å². The largest absolute Gasteiger partial charge is 0.389 e. The van der Waals surface area contributed by atoms with Gasteiger partial charge in [-0.25, -0.2) is 0 Å². The average molecular weight is 268 g/mol. The third kappa shape index (κ3) is 4.73. The van der Waals surface area contributed by atoms with E-state index >= 15 is 0 Å². The number of likely N-dealkylation sites (tertiary alicyclic amines) is 1. The maximum Gasteiger partial charge on any atom is 0.0771 e. The molecule has 1 saturated heterocycles. The Morgan fingerprint density at radius 1 is 1.21 bits per heavy atom. The molecule has 2 fully saturated rings. The van der Waals surface area contributed by atoms with Crippen molar-refractivity contribution in [1.82, 2.24) is 10.2 Å². The van der Waals surface area contributed by atoms with Gasteiger partial charge in [0, 0.05) is 19.1 Å². The van der Waals surface area contributed by atoms with Gasteiger partial charge in [0.2, 0.25) is 0 Å². The van der Waals surface area contributed by atoms with Crippen molar-refractivity contribution >= 4 is 0 Å². The first-order valence-electron chi connectivity index (χ1n) is 8.23. The Hall–Kier alpha value is -0.120. The van der Waals surface area contributed by atoms with Gasteiger partial charge in [0.25, 0.3) is 0 Å². The standard InChI is InChI=1S/C16H32N2O/c1-14(15-8-7-11-18(2)12-15)17-13-16(19)9-5-3-4-6-10-16/h14-15,17,19H,3-13H2,1-2H3. The second-order valence-corrected chi connectivity index (χ2v) is 6.97. The summed E-state index contributed by atoms with van der Waals surface area (Å²) < 4.78 is 0. The van der Waals surface area contributed by atoms with E-state index in [4.69, 9.17) is 0 Å². The van der Waals surface area contributed by atoms with Crippen molar-refractivity contribution in [2.24, 2.45) is 5.92 Å². The fraction of sp³-hybridized carbons (Fsp3) is 1.00. The van der Waals surface area contributed by atoms with E-state index in [0.29, 0.717) is 6.04 Å². The lowest BCUT2D eigenvalue weighted by molar-refractivity contribution is 0.0198. The van der Waals surface area contributed by atoms with Gasteiger partial charge in [0.15, 0.2) is 0 Å². The van der Waals surface area contributed by atoms with Crippen LogP contribution in [0.4, 0.5) is 0 Å². The highest BCUT2D eigenvalue weighted by atomic mass is 16.3. The Balaban J connectivity index is 1.76. The summed E-state index contributed by atoms with van der Waals surface area (Å²) >= 11 is 0. The van der Waals surface area contributed by atoms with Gasteiger partial charge in [-0.05, 0) is 52.1 Å². The molecule has 2 atom stereocenters. The normalized spacial score (nSPS) is 30.8. The smallest absolute Gasteiger partial charge is 0.0771 e. The van der Waals surface area contributed by atoms with E-state index in [9.17, 15) is 5.11 Å². The first-order valence-corrected chi connectivity index (χ1v) is 8.23. The molecule has 2 rings (SSSR count). The van der Waals surface area contributed by atoms with Gasteiger partial charge >= 0.3 is 0 Å². The highest BCUT2D eigenvalue weighted by molar-refractivity contribution is 4.86. The highest BCUT2D eigenvalue weighted by Crippen LogP contribution is 2.27. The number of nitrogens with one attached hydrogen (secondary N) is 1. The van der Waals surface area contributed by atoms with Crippen LogP contribution in [0.2, 0.25) is 0 Å². The molecule has 0 spiro atoms. The number of nitrogens with zero attached hydrogens (tertiary/aromatic N) is 1. The predicted molar refractivity (Wildman–Crippen MR) is 80.3 cm³/mol. The zero-order valence-corrected chi connectivity index (χ0v) is 12.8. The topological polar surface area (TPSA) is 35.5 Å². The number of rotatable bonds is 4. The summed E-state index contributed by atoms with van der Waals surface area (Å²) in [6.45, 7) is 5.53. The van der Waals surface area contributed by atoms with Gasteiger partial charge in [-0.1, -0.05) is 25.7 Å². The van der Waals surface area contributed by atoms with E-state index in [2.05, 4.69) is 24.2 Å². The molecule has 1 aliphatic carbocycles. The van der Waals surface area contributed by atoms with Gasteiger partial charge in [0.1, 0.15) is 0 Å². The Kier molecular flexibility index (Phi) is 5.67. The van der Waals surface area contributed by atoms with Gasteiger partial charge < -0.3 is 15.3 Å². The second-order valence-electron chi connectivity index (χ2n) is 6.97. The van der Waals surface area contributed by atoms with Gasteiger partial charge in [0.05, 0.1) is 5.60 Å². The van der Waals surface area contributed by atoms with Crippen molar-refractivity contribution in [2.45, 2.75) is 69.9 Å². The summed E-state index contributed by atoms with van der Waals surface area (Å²) in [4.78, 5) is 2.44. The first-order chi connectivity index (χ1) is 9.09. The predicted octanol–water partition coefficient (Wildman–Crippen LogP) is 2.39. The molecule has 1 heterocycles. The van der Waals surface area contributed by atoms with Crippen molar-refractivity contribution in [3.63, 3.8) is 0 Å². The van der Waals surface area contributed by atoms with Crippen molar-refractivity contribution < 1.29 is 5.11 Å². The monoisotopic (exact) mass is 268 g/mol. The van der Waals surface area contributed by atoms with Crippen LogP contribution in [0.25, 0.3) is 0 Å². The molecule has 0 radical (unpaired) electrons. The van der Waals surface area contributed by atoms with E-state index in [-0.39, 0.29) is 0 Å². The molecule has 0 amide bonds. The van der Waals surface area contributed by atoms with Gasteiger partial charge in [-0.3, -0.25) is 0 Å². The number of aliphatic hydroxyl groups is 1. The summed E-state index contributed by atoms with van der Waals surface area (Å²) in [7, 11) is 2.22. The minimum atomic E-state index is -0.439. The van der Waals surface area contributed by atoms with Crippen LogP contribution in [0.3, 0.4) is 0 Å². The van der Waals surface area contributed by atoms with Crippen LogP contribution in [0.1, 0.15) is 58.3 Å². The zero-order valence-electron chi connectivity index (χ0n) is 12.8. The van der Waals surface area contributed by atoms with Crippen LogP contribution in [-0.4, -0.2) is 48.3 Å². The Morgan fingerprint density at radius 3 is 2.53 bits per heavy atom. The minimum absolute atomic E-state index is 0.439. The summed E-state index contributed by atoms with van der Waals surface area (Å²) in [5.74, 6) is 0.744. The summed E-state index contributed by atoms with van der Waals surface area (Å²) in [5, 5.41) is 14.3. The lowest BCUT2D eigenvalue weighted by atomic mass is 9.90. The van der Waals surface area contributed by atoms with Crippen LogP contribution in [0.15, 0.2) is 0 Å². The van der Waals surface area contributed by atoms with Crippen LogP contribution in [-0.2, 0) is 0 Å². The molecular formula is C16H32N2O. The summed E-state index contributed by atoms with van der Waals surface area (Å²) in [5.41, 5.74) is -0.439. The van der Waals surface area contributed by atoms with Crippen molar-refractivity contribution in [3.05, 3.63) is 0 Å². The molecule has 0 aromatic rings. The first kappa shape index (κ1) is 15.3. The Morgan fingerprint density at radius 2 is 1.89 bits per heavy atom. The van der Waals surface area contributed by atoms with Crippen LogP contribution >= 0.6 is 0 Å². The molecule has 0 aromatic carbocycles. The van der Waals surface area contributed by atoms with Crippen molar-refractivity contribution in [2.75, 3.05) is 26.7 Å². The fourth-order valence-corrected chi connectivity index (χ4v) is 3.70.